The maximum Gasteiger partial charge on any atom is 0.00676 e. The highest BCUT2D eigenvalue weighted by Gasteiger charge is 2.11. The number of rotatable bonds is 7. The normalized spacial score (nSPS) is 15.7. The third kappa shape index (κ3) is 3.58. The zero-order chi connectivity index (χ0) is 12.8. The van der Waals surface area contributed by atoms with Crippen LogP contribution in [0.3, 0.4) is 0 Å². The fraction of sp³-hybridized carbons (Fsp3) is 0.647. The predicted molar refractivity (Wildman–Crippen MR) is 79.2 cm³/mol. The van der Waals surface area contributed by atoms with Gasteiger partial charge in [-0.25, -0.2) is 0 Å². The molecule has 0 saturated carbocycles. The van der Waals surface area contributed by atoms with Gasteiger partial charge in [-0.05, 0) is 68.2 Å². The molecule has 0 spiro atoms. The molecule has 1 aromatic rings. The molecule has 100 valence electrons. The first-order valence-electron chi connectivity index (χ1n) is 7.67. The van der Waals surface area contributed by atoms with Crippen molar-refractivity contribution in [3.63, 3.8) is 0 Å². The third-order valence-corrected chi connectivity index (χ3v) is 4.12. The SMILES string of the molecule is CCCNC(CC)CCc1ccc2c(c1)CCC2. The number of hydrogen-bond acceptors (Lipinski definition) is 1. The molecule has 0 fully saturated rings. The summed E-state index contributed by atoms with van der Waals surface area (Å²) in [5.74, 6) is 0. The van der Waals surface area contributed by atoms with Gasteiger partial charge in [0.1, 0.15) is 0 Å². The quantitative estimate of drug-likeness (QED) is 0.768. The second-order valence-electron chi connectivity index (χ2n) is 5.55. The summed E-state index contributed by atoms with van der Waals surface area (Å²) in [6.07, 6.45) is 8.92. The number of aryl methyl sites for hydroxylation is 3. The van der Waals surface area contributed by atoms with Crippen LogP contribution in [0.1, 0.15) is 56.2 Å². The van der Waals surface area contributed by atoms with E-state index in [-0.39, 0.29) is 0 Å². The van der Waals surface area contributed by atoms with Gasteiger partial charge in [0.05, 0.1) is 0 Å². The summed E-state index contributed by atoms with van der Waals surface area (Å²) in [4.78, 5) is 0. The molecule has 1 nitrogen and oxygen atoms in total. The monoisotopic (exact) mass is 245 g/mol. The average molecular weight is 245 g/mol. The number of benzene rings is 1. The topological polar surface area (TPSA) is 12.0 Å². The Morgan fingerprint density at radius 3 is 2.78 bits per heavy atom. The van der Waals surface area contributed by atoms with Crippen molar-refractivity contribution < 1.29 is 0 Å². The largest absolute Gasteiger partial charge is 0.314 e. The van der Waals surface area contributed by atoms with Crippen molar-refractivity contribution in [3.8, 4) is 0 Å². The maximum atomic E-state index is 3.64. The molecule has 0 radical (unpaired) electrons. The van der Waals surface area contributed by atoms with Crippen LogP contribution in [0.15, 0.2) is 18.2 Å². The van der Waals surface area contributed by atoms with Gasteiger partial charge in [-0.2, -0.15) is 0 Å². The molecule has 1 unspecified atom stereocenters. The summed E-state index contributed by atoms with van der Waals surface area (Å²) in [6, 6.07) is 7.85. The summed E-state index contributed by atoms with van der Waals surface area (Å²) >= 11 is 0. The van der Waals surface area contributed by atoms with Crippen LogP contribution >= 0.6 is 0 Å². The zero-order valence-electron chi connectivity index (χ0n) is 12.0. The molecule has 0 saturated heterocycles. The highest BCUT2D eigenvalue weighted by Crippen LogP contribution is 2.23. The third-order valence-electron chi connectivity index (χ3n) is 4.12. The Bertz CT molecular complexity index is 370. The number of nitrogens with one attached hydrogen (secondary N) is 1. The minimum Gasteiger partial charge on any atom is -0.314 e. The molecule has 1 heteroatoms. The summed E-state index contributed by atoms with van der Waals surface area (Å²) in [7, 11) is 0. The fourth-order valence-electron chi connectivity index (χ4n) is 2.92. The van der Waals surface area contributed by atoms with Gasteiger partial charge >= 0.3 is 0 Å². The van der Waals surface area contributed by atoms with Crippen molar-refractivity contribution in [3.05, 3.63) is 34.9 Å². The van der Waals surface area contributed by atoms with Gasteiger partial charge in [0.2, 0.25) is 0 Å². The van der Waals surface area contributed by atoms with Gasteiger partial charge in [0.15, 0.2) is 0 Å². The molecule has 1 aliphatic rings. The molecule has 1 atom stereocenters. The van der Waals surface area contributed by atoms with E-state index in [1.807, 2.05) is 0 Å². The van der Waals surface area contributed by atoms with E-state index in [0.29, 0.717) is 6.04 Å². The van der Waals surface area contributed by atoms with Crippen molar-refractivity contribution in [2.75, 3.05) is 6.54 Å². The van der Waals surface area contributed by atoms with Crippen molar-refractivity contribution in [1.82, 2.24) is 5.32 Å². The molecular weight excluding hydrogens is 218 g/mol. The lowest BCUT2D eigenvalue weighted by atomic mass is 10.00. The van der Waals surface area contributed by atoms with Gasteiger partial charge in [-0.15, -0.1) is 0 Å². The van der Waals surface area contributed by atoms with Crippen molar-refractivity contribution >= 4 is 0 Å². The Hall–Kier alpha value is -0.820. The summed E-state index contributed by atoms with van der Waals surface area (Å²) in [5.41, 5.74) is 4.74. The van der Waals surface area contributed by atoms with Gasteiger partial charge in [-0.1, -0.05) is 32.0 Å². The lowest BCUT2D eigenvalue weighted by molar-refractivity contribution is 0.468. The van der Waals surface area contributed by atoms with Crippen molar-refractivity contribution in [2.45, 2.75) is 64.8 Å². The smallest absolute Gasteiger partial charge is 0.00676 e. The lowest BCUT2D eigenvalue weighted by Crippen LogP contribution is -2.29. The molecule has 0 aliphatic heterocycles. The lowest BCUT2D eigenvalue weighted by Gasteiger charge is -2.16. The van der Waals surface area contributed by atoms with Crippen LogP contribution in [0.5, 0.6) is 0 Å². The van der Waals surface area contributed by atoms with Gasteiger partial charge < -0.3 is 5.32 Å². The highest BCUT2D eigenvalue weighted by molar-refractivity contribution is 5.35. The van der Waals surface area contributed by atoms with Crippen molar-refractivity contribution in [1.29, 1.82) is 0 Å². The predicted octanol–water partition coefficient (Wildman–Crippen LogP) is 3.89. The maximum absolute atomic E-state index is 3.64. The Morgan fingerprint density at radius 1 is 1.17 bits per heavy atom. The fourth-order valence-corrected chi connectivity index (χ4v) is 2.92. The summed E-state index contributed by atoms with van der Waals surface area (Å²) in [6.45, 7) is 5.68. The second-order valence-corrected chi connectivity index (χ2v) is 5.55. The number of fused-ring (bicyclic) bond motifs is 1. The highest BCUT2D eigenvalue weighted by atomic mass is 14.9. The molecule has 1 N–H and O–H groups in total. The Balaban J connectivity index is 1.85. The molecule has 18 heavy (non-hydrogen) atoms. The van der Waals surface area contributed by atoms with E-state index in [2.05, 4.69) is 37.4 Å². The Morgan fingerprint density at radius 2 is 2.00 bits per heavy atom. The Labute approximate surface area is 112 Å². The minimum absolute atomic E-state index is 0.693. The van der Waals surface area contributed by atoms with Crippen LogP contribution in [-0.2, 0) is 19.3 Å². The van der Waals surface area contributed by atoms with Crippen LogP contribution in [0.2, 0.25) is 0 Å². The molecule has 1 aromatic carbocycles. The van der Waals surface area contributed by atoms with Crippen LogP contribution in [0, 0.1) is 0 Å². The molecule has 0 amide bonds. The van der Waals surface area contributed by atoms with Gasteiger partial charge in [-0.3, -0.25) is 0 Å². The molecule has 0 bridgehead atoms. The van der Waals surface area contributed by atoms with Crippen LogP contribution in [-0.4, -0.2) is 12.6 Å². The van der Waals surface area contributed by atoms with Gasteiger partial charge in [0, 0.05) is 6.04 Å². The van der Waals surface area contributed by atoms with E-state index >= 15 is 0 Å². The standard InChI is InChI=1S/C17H27N/c1-3-12-18-17(4-2)11-9-14-8-10-15-6-5-7-16(15)13-14/h8,10,13,17-18H,3-7,9,11-12H2,1-2H3. The summed E-state index contributed by atoms with van der Waals surface area (Å²) < 4.78 is 0. The zero-order valence-corrected chi connectivity index (χ0v) is 12.0. The van der Waals surface area contributed by atoms with E-state index in [1.165, 1.54) is 50.5 Å². The molecule has 1 aliphatic carbocycles. The van der Waals surface area contributed by atoms with E-state index in [1.54, 1.807) is 11.1 Å². The number of hydrogen-bond donors (Lipinski definition) is 1. The summed E-state index contributed by atoms with van der Waals surface area (Å²) in [5, 5.41) is 3.64. The van der Waals surface area contributed by atoms with Crippen LogP contribution in [0.4, 0.5) is 0 Å². The first-order valence-corrected chi connectivity index (χ1v) is 7.67. The van der Waals surface area contributed by atoms with Gasteiger partial charge in [0.25, 0.3) is 0 Å². The molecule has 0 aromatic heterocycles. The first kappa shape index (κ1) is 13.6. The van der Waals surface area contributed by atoms with E-state index in [4.69, 9.17) is 0 Å². The van der Waals surface area contributed by atoms with Crippen molar-refractivity contribution in [2.24, 2.45) is 0 Å². The van der Waals surface area contributed by atoms with E-state index in [0.717, 1.165) is 6.54 Å². The minimum atomic E-state index is 0.693. The van der Waals surface area contributed by atoms with Crippen LogP contribution < -0.4 is 5.32 Å². The Kier molecular flexibility index (Phi) is 5.25. The van der Waals surface area contributed by atoms with E-state index < -0.39 is 0 Å². The molecular formula is C17H27N. The average Bonchev–Trinajstić information content (AvgIpc) is 2.86. The van der Waals surface area contributed by atoms with Crippen LogP contribution in [0.25, 0.3) is 0 Å². The van der Waals surface area contributed by atoms with E-state index in [9.17, 15) is 0 Å². The second kappa shape index (κ2) is 6.94. The molecule has 0 heterocycles. The molecule has 2 rings (SSSR count). The first-order chi connectivity index (χ1) is 8.83.